The maximum Gasteiger partial charge on any atom is 0.236 e. The maximum atomic E-state index is 12.6. The van der Waals surface area contributed by atoms with Gasteiger partial charge in [0.15, 0.2) is 5.13 Å². The van der Waals surface area contributed by atoms with E-state index < -0.39 is 5.41 Å². The average molecular weight is 285 g/mol. The fourth-order valence-corrected chi connectivity index (χ4v) is 4.04. The molecular weight excluding hydrogens is 270 g/mol. The molecule has 5 heteroatoms. The van der Waals surface area contributed by atoms with Gasteiger partial charge in [-0.1, -0.05) is 18.2 Å². The molecule has 1 amide bonds. The summed E-state index contributed by atoms with van der Waals surface area (Å²) in [6.07, 6.45) is 3.75. The molecule has 3 heterocycles. The van der Waals surface area contributed by atoms with Crippen molar-refractivity contribution >= 4 is 28.1 Å². The zero-order chi connectivity index (χ0) is 13.6. The molecule has 1 unspecified atom stereocenters. The number of rotatable bonds is 1. The lowest BCUT2D eigenvalue weighted by molar-refractivity contribution is -0.121. The molecule has 2 aliphatic heterocycles. The van der Waals surface area contributed by atoms with E-state index >= 15 is 0 Å². The number of amides is 1. The normalized spacial score (nSPS) is 24.8. The molecule has 1 saturated heterocycles. The number of piperidine rings is 1. The van der Waals surface area contributed by atoms with E-state index in [0.29, 0.717) is 0 Å². The molecule has 1 atom stereocenters. The number of nitrogens with one attached hydrogen (secondary N) is 1. The summed E-state index contributed by atoms with van der Waals surface area (Å²) in [4.78, 5) is 19.2. The van der Waals surface area contributed by atoms with Gasteiger partial charge < -0.3 is 10.2 Å². The highest BCUT2D eigenvalue weighted by Gasteiger charge is 2.49. The van der Waals surface area contributed by atoms with Gasteiger partial charge in [0, 0.05) is 30.4 Å². The number of aromatic nitrogens is 1. The van der Waals surface area contributed by atoms with Gasteiger partial charge in [-0.3, -0.25) is 4.79 Å². The molecule has 4 nitrogen and oxygen atoms in total. The highest BCUT2D eigenvalue weighted by atomic mass is 32.1. The third-order valence-electron chi connectivity index (χ3n) is 4.31. The molecule has 1 N–H and O–H groups in total. The number of hydrogen-bond acceptors (Lipinski definition) is 4. The zero-order valence-electron chi connectivity index (χ0n) is 11.0. The standard InChI is InChI=1S/C15H15N3OS/c19-13-15(11-4-1-2-5-12(11)17-13)6-3-8-18(10-15)14-16-7-9-20-14/h1-2,4-5,7,9H,3,6,8,10H2,(H,17,19). The molecule has 2 aliphatic rings. The van der Waals surface area contributed by atoms with Crippen molar-refractivity contribution in [3.8, 4) is 0 Å². The van der Waals surface area contributed by atoms with Gasteiger partial charge in [-0.2, -0.15) is 0 Å². The van der Waals surface area contributed by atoms with Crippen LogP contribution in [0.5, 0.6) is 0 Å². The van der Waals surface area contributed by atoms with Gasteiger partial charge in [0.05, 0.1) is 5.41 Å². The van der Waals surface area contributed by atoms with Crippen molar-refractivity contribution in [2.75, 3.05) is 23.3 Å². The van der Waals surface area contributed by atoms with Crippen molar-refractivity contribution < 1.29 is 4.79 Å². The average Bonchev–Trinajstić information content (AvgIpc) is 3.09. The summed E-state index contributed by atoms with van der Waals surface area (Å²) in [6.45, 7) is 1.70. The van der Waals surface area contributed by atoms with Gasteiger partial charge in [-0.25, -0.2) is 4.98 Å². The van der Waals surface area contributed by atoms with Crippen LogP contribution in [0.3, 0.4) is 0 Å². The summed E-state index contributed by atoms with van der Waals surface area (Å²) in [6, 6.07) is 8.06. The van der Waals surface area contributed by atoms with Crippen LogP contribution in [0.15, 0.2) is 35.8 Å². The quantitative estimate of drug-likeness (QED) is 0.876. The topological polar surface area (TPSA) is 45.2 Å². The molecule has 1 aromatic heterocycles. The molecule has 102 valence electrons. The van der Waals surface area contributed by atoms with E-state index in [1.54, 1.807) is 11.3 Å². The van der Waals surface area contributed by atoms with Gasteiger partial charge in [-0.15, -0.1) is 11.3 Å². The first-order valence-electron chi connectivity index (χ1n) is 6.85. The Morgan fingerprint density at radius 3 is 3.10 bits per heavy atom. The second kappa shape index (κ2) is 4.31. The fourth-order valence-electron chi connectivity index (χ4n) is 3.37. The monoisotopic (exact) mass is 285 g/mol. The molecule has 0 bridgehead atoms. The summed E-state index contributed by atoms with van der Waals surface area (Å²) < 4.78 is 0. The SMILES string of the molecule is O=C1Nc2ccccc2C12CCCN(c1nccs1)C2. The van der Waals surface area contributed by atoms with Crippen molar-refractivity contribution in [1.82, 2.24) is 4.98 Å². The van der Waals surface area contributed by atoms with Crippen LogP contribution in [0.2, 0.25) is 0 Å². The van der Waals surface area contributed by atoms with Gasteiger partial charge >= 0.3 is 0 Å². The first-order valence-corrected chi connectivity index (χ1v) is 7.73. The minimum Gasteiger partial charge on any atom is -0.347 e. The second-order valence-electron chi connectivity index (χ2n) is 5.42. The summed E-state index contributed by atoms with van der Waals surface area (Å²) in [5.41, 5.74) is 1.71. The molecule has 1 spiro atoms. The van der Waals surface area contributed by atoms with E-state index in [0.717, 1.165) is 42.3 Å². The predicted octanol–water partition coefficient (Wildman–Crippen LogP) is 2.63. The molecule has 0 aliphatic carbocycles. The number of anilines is 2. The number of nitrogens with zero attached hydrogens (tertiary/aromatic N) is 2. The lowest BCUT2D eigenvalue weighted by atomic mass is 9.75. The van der Waals surface area contributed by atoms with Crippen molar-refractivity contribution in [3.63, 3.8) is 0 Å². The Bertz CT molecular complexity index is 655. The zero-order valence-corrected chi connectivity index (χ0v) is 11.8. The Hall–Kier alpha value is -1.88. The second-order valence-corrected chi connectivity index (χ2v) is 6.29. The third-order valence-corrected chi connectivity index (χ3v) is 5.14. The molecule has 0 radical (unpaired) electrons. The maximum absolute atomic E-state index is 12.6. The van der Waals surface area contributed by atoms with Gasteiger partial charge in [-0.05, 0) is 24.5 Å². The van der Waals surface area contributed by atoms with E-state index in [1.165, 1.54) is 0 Å². The highest BCUT2D eigenvalue weighted by molar-refractivity contribution is 7.13. The predicted molar refractivity (Wildman–Crippen MR) is 80.3 cm³/mol. The number of carbonyl (C=O) groups is 1. The van der Waals surface area contributed by atoms with Crippen LogP contribution in [-0.4, -0.2) is 24.0 Å². The largest absolute Gasteiger partial charge is 0.347 e. The summed E-state index contributed by atoms with van der Waals surface area (Å²) in [7, 11) is 0. The van der Waals surface area contributed by atoms with Crippen LogP contribution in [-0.2, 0) is 10.2 Å². The minimum absolute atomic E-state index is 0.139. The van der Waals surface area contributed by atoms with Crippen molar-refractivity contribution in [2.24, 2.45) is 0 Å². The van der Waals surface area contributed by atoms with Crippen LogP contribution in [0.1, 0.15) is 18.4 Å². The highest BCUT2D eigenvalue weighted by Crippen LogP contribution is 2.44. The first kappa shape index (κ1) is 11.9. The van der Waals surface area contributed by atoms with Crippen LogP contribution in [0.4, 0.5) is 10.8 Å². The number of thiazole rings is 1. The van der Waals surface area contributed by atoms with Crippen LogP contribution in [0, 0.1) is 0 Å². The number of hydrogen-bond donors (Lipinski definition) is 1. The Balaban J connectivity index is 1.75. The summed E-state index contributed by atoms with van der Waals surface area (Å²) >= 11 is 1.64. The fraction of sp³-hybridized carbons (Fsp3) is 0.333. The molecule has 0 saturated carbocycles. The lowest BCUT2D eigenvalue weighted by Gasteiger charge is -2.38. The Morgan fingerprint density at radius 2 is 2.25 bits per heavy atom. The molecule has 1 fully saturated rings. The van der Waals surface area contributed by atoms with Gasteiger partial charge in [0.25, 0.3) is 0 Å². The first-order chi connectivity index (χ1) is 9.79. The summed E-state index contributed by atoms with van der Waals surface area (Å²) in [5.74, 6) is 0.139. The number of carbonyl (C=O) groups excluding carboxylic acids is 1. The van der Waals surface area contributed by atoms with Gasteiger partial charge in [0.1, 0.15) is 0 Å². The molecule has 2 aromatic rings. The summed E-state index contributed by atoms with van der Waals surface area (Å²) in [5, 5.41) is 6.04. The minimum atomic E-state index is -0.402. The Labute approximate surface area is 121 Å². The lowest BCUT2D eigenvalue weighted by Crippen LogP contribution is -2.50. The molecule has 20 heavy (non-hydrogen) atoms. The Kier molecular flexibility index (Phi) is 2.57. The smallest absolute Gasteiger partial charge is 0.236 e. The van der Waals surface area contributed by atoms with Crippen molar-refractivity contribution in [1.29, 1.82) is 0 Å². The third kappa shape index (κ3) is 1.59. The van der Waals surface area contributed by atoms with Crippen molar-refractivity contribution in [3.05, 3.63) is 41.4 Å². The number of para-hydroxylation sites is 1. The van der Waals surface area contributed by atoms with Crippen LogP contribution >= 0.6 is 11.3 Å². The van der Waals surface area contributed by atoms with Crippen molar-refractivity contribution in [2.45, 2.75) is 18.3 Å². The van der Waals surface area contributed by atoms with E-state index in [9.17, 15) is 4.79 Å². The van der Waals surface area contributed by atoms with E-state index in [4.69, 9.17) is 0 Å². The van der Waals surface area contributed by atoms with E-state index in [-0.39, 0.29) is 5.91 Å². The van der Waals surface area contributed by atoms with E-state index in [1.807, 2.05) is 29.8 Å². The van der Waals surface area contributed by atoms with Gasteiger partial charge in [0.2, 0.25) is 5.91 Å². The molecular formula is C15H15N3OS. The number of benzene rings is 1. The molecule has 1 aromatic carbocycles. The van der Waals surface area contributed by atoms with Crippen LogP contribution < -0.4 is 10.2 Å². The van der Waals surface area contributed by atoms with E-state index in [2.05, 4.69) is 21.3 Å². The number of fused-ring (bicyclic) bond motifs is 2. The Morgan fingerprint density at radius 1 is 1.35 bits per heavy atom. The van der Waals surface area contributed by atoms with Crippen LogP contribution in [0.25, 0.3) is 0 Å². The molecule has 4 rings (SSSR count).